The summed E-state index contributed by atoms with van der Waals surface area (Å²) in [6, 6.07) is 9.16. The first kappa shape index (κ1) is 27.4. The molecule has 2 aliphatic heterocycles. The topological polar surface area (TPSA) is 105 Å². The van der Waals surface area contributed by atoms with E-state index in [0.29, 0.717) is 55.1 Å². The second kappa shape index (κ2) is 12.3. The van der Waals surface area contributed by atoms with Crippen molar-refractivity contribution in [3.63, 3.8) is 0 Å². The van der Waals surface area contributed by atoms with Crippen LogP contribution < -0.4 is 29.2 Å². The summed E-state index contributed by atoms with van der Waals surface area (Å²) in [6.07, 6.45) is 0.756. The second-order valence-corrected chi connectivity index (χ2v) is 9.56. The quantitative estimate of drug-likeness (QED) is 0.438. The maximum absolute atomic E-state index is 12.7. The molecule has 4 rings (SSSR count). The number of fused-ring (bicyclic) bond motifs is 1. The third-order valence-corrected chi connectivity index (χ3v) is 6.05. The average Bonchev–Trinajstić information content (AvgIpc) is 3.22. The molecule has 2 aromatic carbocycles. The Bertz CT molecular complexity index is 1140. The van der Waals surface area contributed by atoms with Crippen molar-refractivity contribution in [2.24, 2.45) is 0 Å². The lowest BCUT2D eigenvalue weighted by molar-refractivity contribution is -0.149. The van der Waals surface area contributed by atoms with E-state index >= 15 is 0 Å². The third-order valence-electron chi connectivity index (χ3n) is 6.05. The number of ether oxygens (including phenoxy) is 6. The Labute approximate surface area is 223 Å². The van der Waals surface area contributed by atoms with Gasteiger partial charge in [-0.25, -0.2) is 4.79 Å². The lowest BCUT2D eigenvalue weighted by Gasteiger charge is -2.31. The summed E-state index contributed by atoms with van der Waals surface area (Å²) in [5.41, 5.74) is 2.00. The van der Waals surface area contributed by atoms with E-state index < -0.39 is 18.5 Å². The lowest BCUT2D eigenvalue weighted by atomic mass is 10.0. The number of hydrogen-bond donors (Lipinski definition) is 1. The van der Waals surface area contributed by atoms with E-state index in [2.05, 4.69) is 10.2 Å². The first-order chi connectivity index (χ1) is 18.3. The van der Waals surface area contributed by atoms with E-state index in [-0.39, 0.29) is 12.2 Å². The van der Waals surface area contributed by atoms with Gasteiger partial charge in [-0.1, -0.05) is 12.1 Å². The number of morpholine rings is 1. The number of carbonyl (C=O) groups is 2. The van der Waals surface area contributed by atoms with Crippen LogP contribution in [0.15, 0.2) is 30.3 Å². The Morgan fingerprint density at radius 1 is 0.974 bits per heavy atom. The van der Waals surface area contributed by atoms with Crippen LogP contribution in [0.4, 0.5) is 11.4 Å². The maximum Gasteiger partial charge on any atom is 0.344 e. The van der Waals surface area contributed by atoms with Gasteiger partial charge in [-0.15, -0.1) is 0 Å². The highest BCUT2D eigenvalue weighted by Crippen LogP contribution is 2.42. The predicted molar refractivity (Wildman–Crippen MR) is 142 cm³/mol. The number of carbonyl (C=O) groups excluding carboxylic acids is 2. The molecule has 2 heterocycles. The molecule has 2 aromatic rings. The van der Waals surface area contributed by atoms with Crippen molar-refractivity contribution in [2.45, 2.75) is 39.7 Å². The molecule has 2 aliphatic rings. The van der Waals surface area contributed by atoms with Crippen molar-refractivity contribution in [3.8, 4) is 23.0 Å². The van der Waals surface area contributed by atoms with Crippen molar-refractivity contribution >= 4 is 23.3 Å². The SMILES string of the molecule is CCOc1cc(N2CCOCC2)c(OCC)cc1NC(=O)COC(=O)COc1cccc2c1OC(C)(C)C2. The van der Waals surface area contributed by atoms with Gasteiger partial charge >= 0.3 is 5.97 Å². The van der Waals surface area contributed by atoms with Gasteiger partial charge in [0.15, 0.2) is 24.7 Å². The standard InChI is InChI=1S/C28H36N2O8/c1-5-34-23-15-21(30-10-12-33-13-11-30)24(35-6-2)14-20(23)29-25(31)17-37-26(32)18-36-22-9-7-8-19-16-28(3,4)38-27(19)22/h7-9,14-15H,5-6,10-13,16-18H2,1-4H3,(H,29,31). The minimum absolute atomic E-state index is 0.330. The third kappa shape index (κ3) is 6.80. The van der Waals surface area contributed by atoms with E-state index in [1.165, 1.54) is 0 Å². The van der Waals surface area contributed by atoms with Crippen LogP contribution in [-0.2, 0) is 25.5 Å². The molecular formula is C28H36N2O8. The number of nitrogens with zero attached hydrogens (tertiary/aromatic N) is 1. The van der Waals surface area contributed by atoms with Gasteiger partial charge in [0.2, 0.25) is 0 Å². The van der Waals surface area contributed by atoms with E-state index in [9.17, 15) is 9.59 Å². The maximum atomic E-state index is 12.7. The van der Waals surface area contributed by atoms with Gasteiger partial charge in [0.05, 0.1) is 37.8 Å². The van der Waals surface area contributed by atoms with E-state index in [1.807, 2.05) is 45.9 Å². The van der Waals surface area contributed by atoms with Crippen LogP contribution in [0.5, 0.6) is 23.0 Å². The van der Waals surface area contributed by atoms with Crippen LogP contribution in [0.2, 0.25) is 0 Å². The van der Waals surface area contributed by atoms with Crippen LogP contribution in [0, 0.1) is 0 Å². The molecule has 0 spiro atoms. The van der Waals surface area contributed by atoms with Crippen LogP contribution in [0.3, 0.4) is 0 Å². The van der Waals surface area contributed by atoms with Gasteiger partial charge in [0.1, 0.15) is 17.1 Å². The zero-order valence-electron chi connectivity index (χ0n) is 22.5. The number of rotatable bonds is 11. The Hall–Kier alpha value is -3.66. The van der Waals surface area contributed by atoms with E-state index in [0.717, 1.165) is 30.8 Å². The minimum atomic E-state index is -0.669. The normalized spacial score (nSPS) is 15.7. The summed E-state index contributed by atoms with van der Waals surface area (Å²) in [7, 11) is 0. The van der Waals surface area contributed by atoms with Crippen molar-refractivity contribution in [1.29, 1.82) is 0 Å². The van der Waals surface area contributed by atoms with Gasteiger partial charge in [0.25, 0.3) is 5.91 Å². The highest BCUT2D eigenvalue weighted by Gasteiger charge is 2.32. The molecular weight excluding hydrogens is 492 g/mol. The summed E-state index contributed by atoms with van der Waals surface area (Å²) in [5, 5.41) is 2.77. The number of benzene rings is 2. The summed E-state index contributed by atoms with van der Waals surface area (Å²) >= 11 is 0. The number of esters is 1. The van der Waals surface area contributed by atoms with Crippen molar-refractivity contribution in [1.82, 2.24) is 0 Å². The fraction of sp³-hybridized carbons (Fsp3) is 0.500. The molecule has 10 nitrogen and oxygen atoms in total. The van der Waals surface area contributed by atoms with Gasteiger partial charge in [-0.2, -0.15) is 0 Å². The zero-order valence-corrected chi connectivity index (χ0v) is 22.5. The number of amides is 1. The van der Waals surface area contributed by atoms with Crippen LogP contribution in [-0.4, -0.2) is 70.2 Å². The Morgan fingerprint density at radius 3 is 2.45 bits per heavy atom. The molecule has 1 amide bonds. The Balaban J connectivity index is 1.36. The largest absolute Gasteiger partial charge is 0.492 e. The highest BCUT2D eigenvalue weighted by atomic mass is 16.6. The van der Waals surface area contributed by atoms with Crippen molar-refractivity contribution in [3.05, 3.63) is 35.9 Å². The molecule has 0 aliphatic carbocycles. The average molecular weight is 529 g/mol. The number of hydrogen-bond acceptors (Lipinski definition) is 9. The summed E-state index contributed by atoms with van der Waals surface area (Å²) in [4.78, 5) is 27.1. The second-order valence-electron chi connectivity index (χ2n) is 9.56. The smallest absolute Gasteiger partial charge is 0.344 e. The first-order valence-electron chi connectivity index (χ1n) is 12.9. The minimum Gasteiger partial charge on any atom is -0.492 e. The number of anilines is 2. The summed E-state index contributed by atoms with van der Waals surface area (Å²) in [5.74, 6) is 1.06. The highest BCUT2D eigenvalue weighted by molar-refractivity contribution is 5.95. The number of para-hydroxylation sites is 1. The first-order valence-corrected chi connectivity index (χ1v) is 12.9. The van der Waals surface area contributed by atoms with Crippen molar-refractivity contribution < 1.29 is 38.0 Å². The summed E-state index contributed by atoms with van der Waals surface area (Å²) < 4.78 is 33.9. The molecule has 1 N–H and O–H groups in total. The molecule has 0 aromatic heterocycles. The predicted octanol–water partition coefficient (Wildman–Crippen LogP) is 3.59. The molecule has 0 saturated carbocycles. The van der Waals surface area contributed by atoms with Gasteiger partial charge in [0, 0.05) is 37.2 Å². The zero-order chi connectivity index (χ0) is 27.1. The lowest BCUT2D eigenvalue weighted by Crippen LogP contribution is -2.36. The van der Waals surface area contributed by atoms with Crippen molar-refractivity contribution in [2.75, 3.05) is 62.9 Å². The summed E-state index contributed by atoms with van der Waals surface area (Å²) in [6.45, 7) is 10.5. The van der Waals surface area contributed by atoms with Gasteiger partial charge < -0.3 is 38.6 Å². The van der Waals surface area contributed by atoms with Crippen LogP contribution in [0.1, 0.15) is 33.3 Å². The van der Waals surface area contributed by atoms with Gasteiger partial charge in [-0.05, 0) is 33.8 Å². The molecule has 10 heteroatoms. The molecule has 0 radical (unpaired) electrons. The van der Waals surface area contributed by atoms with Gasteiger partial charge in [-0.3, -0.25) is 4.79 Å². The fourth-order valence-electron chi connectivity index (χ4n) is 4.46. The molecule has 38 heavy (non-hydrogen) atoms. The monoisotopic (exact) mass is 528 g/mol. The molecule has 206 valence electrons. The molecule has 0 unspecified atom stereocenters. The molecule has 1 fully saturated rings. The Kier molecular flexibility index (Phi) is 8.83. The van der Waals surface area contributed by atoms with E-state index in [1.54, 1.807) is 12.1 Å². The Morgan fingerprint density at radius 2 is 1.71 bits per heavy atom. The van der Waals surface area contributed by atoms with E-state index in [4.69, 9.17) is 28.4 Å². The molecule has 0 atom stereocenters. The van der Waals surface area contributed by atoms with Crippen LogP contribution in [0.25, 0.3) is 0 Å². The van der Waals surface area contributed by atoms with Crippen LogP contribution >= 0.6 is 0 Å². The molecule has 1 saturated heterocycles. The molecule has 0 bridgehead atoms. The number of nitrogens with one attached hydrogen (secondary N) is 1. The fourth-order valence-corrected chi connectivity index (χ4v) is 4.46.